The molecule has 3 rings (SSSR count). The van der Waals surface area contributed by atoms with Crippen LogP contribution in [0.15, 0.2) is 10.9 Å². The summed E-state index contributed by atoms with van der Waals surface area (Å²) in [4.78, 5) is 23.2. The minimum Gasteiger partial charge on any atom is -0.466 e. The second kappa shape index (κ2) is 5.79. The van der Waals surface area contributed by atoms with E-state index >= 15 is 0 Å². The highest BCUT2D eigenvalue weighted by Gasteiger charge is 2.49. The van der Waals surface area contributed by atoms with Crippen LogP contribution in [0, 0.1) is 18.3 Å². The lowest BCUT2D eigenvalue weighted by Crippen LogP contribution is -2.40. The lowest BCUT2D eigenvalue weighted by molar-refractivity contribution is -0.156. The number of fused-ring (bicyclic) bond motifs is 1. The molecule has 0 radical (unpaired) electrons. The lowest BCUT2D eigenvalue weighted by Gasteiger charge is -2.31. The molecule has 1 aliphatic heterocycles. The number of hydrogen-bond donors (Lipinski definition) is 0. The van der Waals surface area contributed by atoms with Crippen LogP contribution in [0.2, 0.25) is 0 Å². The van der Waals surface area contributed by atoms with Gasteiger partial charge in [0, 0.05) is 13.1 Å². The van der Waals surface area contributed by atoms with Gasteiger partial charge in [0.2, 0.25) is 0 Å². The second-order valence-corrected chi connectivity index (χ2v) is 6.35. The summed E-state index contributed by atoms with van der Waals surface area (Å²) in [6.45, 7) is 9.58. The average molecular weight is 318 g/mol. The summed E-state index contributed by atoms with van der Waals surface area (Å²) in [6.07, 6.45) is 2.22. The Hall–Kier alpha value is -2.18. The maximum Gasteiger partial charge on any atom is 0.314 e. The molecule has 0 bridgehead atoms. The van der Waals surface area contributed by atoms with Crippen molar-refractivity contribution in [2.75, 3.05) is 24.6 Å². The molecule has 0 unspecified atom stereocenters. The Labute approximate surface area is 135 Å². The van der Waals surface area contributed by atoms with E-state index in [0.29, 0.717) is 18.9 Å². The van der Waals surface area contributed by atoms with E-state index in [1.165, 1.54) is 6.33 Å². The Morgan fingerprint density at radius 1 is 1.48 bits per heavy atom. The van der Waals surface area contributed by atoms with E-state index in [9.17, 15) is 4.79 Å². The van der Waals surface area contributed by atoms with Gasteiger partial charge in [-0.05, 0) is 26.2 Å². The topological polar surface area (TPSA) is 81.4 Å². The number of aryl methyl sites for hydroxylation is 1. The summed E-state index contributed by atoms with van der Waals surface area (Å²) >= 11 is 0. The highest BCUT2D eigenvalue weighted by Crippen LogP contribution is 2.41. The van der Waals surface area contributed by atoms with Crippen molar-refractivity contribution in [1.29, 1.82) is 0 Å². The fourth-order valence-electron chi connectivity index (χ4n) is 3.31. The second-order valence-electron chi connectivity index (χ2n) is 6.35. The average Bonchev–Trinajstić information content (AvgIpc) is 3.13. The third-order valence-electron chi connectivity index (χ3n) is 4.81. The Bertz CT molecular complexity index is 727. The van der Waals surface area contributed by atoms with Crippen LogP contribution in [0.1, 0.15) is 32.9 Å². The maximum atomic E-state index is 12.6. The lowest BCUT2D eigenvalue weighted by atomic mass is 9.76. The molecular formula is C16H22N4O3. The van der Waals surface area contributed by atoms with Gasteiger partial charge in [-0.3, -0.25) is 4.79 Å². The molecule has 0 amide bonds. The molecule has 1 saturated heterocycles. The summed E-state index contributed by atoms with van der Waals surface area (Å²) in [6, 6.07) is 0. The molecule has 2 aromatic rings. The van der Waals surface area contributed by atoms with Gasteiger partial charge in [0.05, 0.1) is 17.7 Å². The third kappa shape index (κ3) is 2.44. The smallest absolute Gasteiger partial charge is 0.314 e. The van der Waals surface area contributed by atoms with Crippen LogP contribution in [0.3, 0.4) is 0 Å². The first kappa shape index (κ1) is 15.7. The zero-order valence-corrected chi connectivity index (χ0v) is 14.0. The molecule has 0 spiro atoms. The Balaban J connectivity index is 1.97. The van der Waals surface area contributed by atoms with Gasteiger partial charge in [-0.2, -0.15) is 4.98 Å². The first-order chi connectivity index (χ1) is 11.0. The van der Waals surface area contributed by atoms with Gasteiger partial charge in [0.1, 0.15) is 17.5 Å². The van der Waals surface area contributed by atoms with Gasteiger partial charge in [-0.1, -0.05) is 19.0 Å². The SMILES string of the molecule is CCOC(=O)[C@]1(C(C)C)CCN(c2ncnc3onc(C)c23)C1. The zero-order valence-electron chi connectivity index (χ0n) is 14.0. The number of carbonyl (C=O) groups is 1. The molecule has 23 heavy (non-hydrogen) atoms. The normalized spacial score (nSPS) is 21.3. The van der Waals surface area contributed by atoms with Gasteiger partial charge in [0.25, 0.3) is 5.71 Å². The van der Waals surface area contributed by atoms with Gasteiger partial charge in [-0.25, -0.2) is 4.98 Å². The van der Waals surface area contributed by atoms with Crippen molar-refractivity contribution in [3.8, 4) is 0 Å². The number of ether oxygens (including phenoxy) is 1. The largest absolute Gasteiger partial charge is 0.466 e. The molecule has 2 aromatic heterocycles. The molecule has 7 nitrogen and oxygen atoms in total. The quantitative estimate of drug-likeness (QED) is 0.800. The van der Waals surface area contributed by atoms with Gasteiger partial charge < -0.3 is 14.2 Å². The van der Waals surface area contributed by atoms with Crippen LogP contribution >= 0.6 is 0 Å². The van der Waals surface area contributed by atoms with Crippen molar-refractivity contribution in [2.45, 2.75) is 34.1 Å². The van der Waals surface area contributed by atoms with E-state index in [-0.39, 0.29) is 11.9 Å². The first-order valence-corrected chi connectivity index (χ1v) is 7.98. The third-order valence-corrected chi connectivity index (χ3v) is 4.81. The van der Waals surface area contributed by atoms with Crippen molar-refractivity contribution < 1.29 is 14.1 Å². The van der Waals surface area contributed by atoms with Crippen LogP contribution in [-0.4, -0.2) is 40.8 Å². The molecule has 0 saturated carbocycles. The van der Waals surface area contributed by atoms with E-state index < -0.39 is 5.41 Å². The number of anilines is 1. The number of esters is 1. The molecule has 7 heteroatoms. The number of rotatable bonds is 4. The molecule has 0 aromatic carbocycles. The molecule has 124 valence electrons. The Morgan fingerprint density at radius 3 is 2.96 bits per heavy atom. The number of carbonyl (C=O) groups excluding carboxylic acids is 1. The van der Waals surface area contributed by atoms with Crippen LogP contribution in [-0.2, 0) is 9.53 Å². The standard InChI is InChI=1S/C16H22N4O3/c1-5-22-15(21)16(10(2)3)6-7-20(8-16)13-12-11(4)19-23-14(12)18-9-17-13/h9-10H,5-8H2,1-4H3/t16-/m1/s1. The molecule has 1 atom stereocenters. The molecule has 0 aliphatic carbocycles. The number of aromatic nitrogens is 3. The highest BCUT2D eigenvalue weighted by atomic mass is 16.5. The van der Waals surface area contributed by atoms with Crippen molar-refractivity contribution in [2.24, 2.45) is 11.3 Å². The minimum absolute atomic E-state index is 0.121. The summed E-state index contributed by atoms with van der Waals surface area (Å²) in [5.74, 6) is 0.845. The van der Waals surface area contributed by atoms with Gasteiger partial charge >= 0.3 is 5.97 Å². The van der Waals surface area contributed by atoms with E-state index in [0.717, 1.165) is 29.9 Å². The van der Waals surface area contributed by atoms with Crippen LogP contribution < -0.4 is 4.90 Å². The predicted molar refractivity (Wildman–Crippen MR) is 85.1 cm³/mol. The van der Waals surface area contributed by atoms with Gasteiger partial charge in [0.15, 0.2) is 0 Å². The molecule has 3 heterocycles. The summed E-state index contributed by atoms with van der Waals surface area (Å²) in [5, 5.41) is 4.78. The maximum absolute atomic E-state index is 12.6. The van der Waals surface area contributed by atoms with Crippen LogP contribution in [0.25, 0.3) is 11.1 Å². The van der Waals surface area contributed by atoms with Crippen molar-refractivity contribution in [1.82, 2.24) is 15.1 Å². The van der Waals surface area contributed by atoms with E-state index in [1.54, 1.807) is 0 Å². The number of hydrogen-bond acceptors (Lipinski definition) is 7. The fourth-order valence-corrected chi connectivity index (χ4v) is 3.31. The van der Waals surface area contributed by atoms with E-state index in [1.807, 2.05) is 13.8 Å². The highest BCUT2D eigenvalue weighted by molar-refractivity contribution is 5.89. The van der Waals surface area contributed by atoms with E-state index in [2.05, 4.69) is 33.9 Å². The fraction of sp³-hybridized carbons (Fsp3) is 0.625. The van der Waals surface area contributed by atoms with Crippen molar-refractivity contribution >= 4 is 22.9 Å². The first-order valence-electron chi connectivity index (χ1n) is 7.98. The van der Waals surface area contributed by atoms with Crippen LogP contribution in [0.5, 0.6) is 0 Å². The monoisotopic (exact) mass is 318 g/mol. The minimum atomic E-state index is -0.502. The zero-order chi connectivity index (χ0) is 16.6. The summed E-state index contributed by atoms with van der Waals surface area (Å²) in [7, 11) is 0. The molecule has 0 N–H and O–H groups in total. The summed E-state index contributed by atoms with van der Waals surface area (Å²) in [5.41, 5.74) is 0.734. The van der Waals surface area contributed by atoms with E-state index in [4.69, 9.17) is 9.26 Å². The summed E-state index contributed by atoms with van der Waals surface area (Å²) < 4.78 is 10.6. The number of nitrogens with zero attached hydrogens (tertiary/aromatic N) is 4. The molecule has 1 fully saturated rings. The molecular weight excluding hydrogens is 296 g/mol. The van der Waals surface area contributed by atoms with Crippen LogP contribution in [0.4, 0.5) is 5.82 Å². The Kier molecular flexibility index (Phi) is 3.95. The van der Waals surface area contributed by atoms with Gasteiger partial charge in [-0.15, -0.1) is 0 Å². The van der Waals surface area contributed by atoms with Crippen molar-refractivity contribution in [3.05, 3.63) is 12.0 Å². The molecule has 1 aliphatic rings. The van der Waals surface area contributed by atoms with Crippen molar-refractivity contribution in [3.63, 3.8) is 0 Å². The Morgan fingerprint density at radius 2 is 2.26 bits per heavy atom. The predicted octanol–water partition coefficient (Wildman–Crippen LogP) is 2.34.